The van der Waals surface area contributed by atoms with E-state index >= 15 is 0 Å². The van der Waals surface area contributed by atoms with E-state index in [2.05, 4.69) is 25.8 Å². The monoisotopic (exact) mass is 287 g/mol. The van der Waals surface area contributed by atoms with Gasteiger partial charge in [0.05, 0.1) is 12.0 Å². The van der Waals surface area contributed by atoms with E-state index in [1.165, 1.54) is 0 Å². The van der Waals surface area contributed by atoms with Crippen LogP contribution in [-0.4, -0.2) is 28.5 Å². The van der Waals surface area contributed by atoms with Crippen LogP contribution in [0, 0.1) is 5.41 Å². The van der Waals surface area contributed by atoms with Crippen molar-refractivity contribution in [1.29, 1.82) is 5.41 Å². The minimum atomic E-state index is -0.257. The molecule has 0 aliphatic rings. The van der Waals surface area contributed by atoms with E-state index in [0.29, 0.717) is 11.9 Å². The Balaban J connectivity index is 2.06. The number of nitrogens with zero attached hydrogens (tertiary/aromatic N) is 3. The number of rotatable bonds is 5. The predicted octanol–water partition coefficient (Wildman–Crippen LogP) is 1.70. The Kier molecular flexibility index (Phi) is 4.50. The smallest absolute Gasteiger partial charge is 0.328 e. The molecule has 1 heterocycles. The van der Waals surface area contributed by atoms with E-state index in [-0.39, 0.29) is 12.0 Å². The van der Waals surface area contributed by atoms with Crippen LogP contribution in [0.15, 0.2) is 33.8 Å². The standard InChI is InChI=1S/C13H17N7O/c1-8(2)16-7-17-10-5-3-9(4-6-10)11-18-13(21-20-11)19-12(14)15/h3-8H,1-2H3,(H,16,17)(H4,14,15,18,19,20). The third kappa shape index (κ3) is 4.30. The van der Waals surface area contributed by atoms with Gasteiger partial charge in [0.2, 0.25) is 5.82 Å². The first kappa shape index (κ1) is 14.5. The summed E-state index contributed by atoms with van der Waals surface area (Å²) in [6, 6.07) is 7.81. The largest absolute Gasteiger partial charge is 0.374 e. The van der Waals surface area contributed by atoms with Crippen molar-refractivity contribution in [3.63, 3.8) is 0 Å². The maximum Gasteiger partial charge on any atom is 0.328 e. The molecule has 0 saturated carbocycles. The zero-order valence-electron chi connectivity index (χ0n) is 11.8. The molecule has 8 heteroatoms. The molecule has 0 spiro atoms. The molecule has 0 atom stereocenters. The topological polar surface area (TPSA) is 125 Å². The van der Waals surface area contributed by atoms with Gasteiger partial charge in [0, 0.05) is 11.6 Å². The minimum absolute atomic E-state index is 0.0840. The molecule has 0 unspecified atom stereocenters. The number of benzene rings is 1. The van der Waals surface area contributed by atoms with Gasteiger partial charge in [-0.2, -0.15) is 4.98 Å². The molecular formula is C13H17N7O. The zero-order chi connectivity index (χ0) is 15.2. The quantitative estimate of drug-likeness (QED) is 0.490. The summed E-state index contributed by atoms with van der Waals surface area (Å²) in [4.78, 5) is 8.34. The first-order valence-corrected chi connectivity index (χ1v) is 6.38. The van der Waals surface area contributed by atoms with Crippen molar-refractivity contribution in [1.82, 2.24) is 15.5 Å². The molecule has 8 nitrogen and oxygen atoms in total. The van der Waals surface area contributed by atoms with Gasteiger partial charge < -0.3 is 15.6 Å². The van der Waals surface area contributed by atoms with E-state index in [1.54, 1.807) is 6.34 Å². The normalized spacial score (nSPS) is 11.0. The van der Waals surface area contributed by atoms with Crippen LogP contribution in [0.2, 0.25) is 0 Å². The van der Waals surface area contributed by atoms with Crippen molar-refractivity contribution in [2.24, 2.45) is 10.7 Å². The molecule has 1 aromatic heterocycles. The molecule has 5 N–H and O–H groups in total. The molecule has 0 aliphatic heterocycles. The Morgan fingerprint density at radius 1 is 1.38 bits per heavy atom. The van der Waals surface area contributed by atoms with E-state index in [0.717, 1.165) is 11.3 Å². The van der Waals surface area contributed by atoms with Crippen LogP contribution < -0.4 is 16.4 Å². The fourth-order valence-electron chi connectivity index (χ4n) is 1.46. The van der Waals surface area contributed by atoms with Crippen molar-refractivity contribution in [3.05, 3.63) is 24.3 Å². The summed E-state index contributed by atoms with van der Waals surface area (Å²) in [7, 11) is 0. The molecule has 2 rings (SSSR count). The third-order valence-electron chi connectivity index (χ3n) is 2.41. The molecule has 110 valence electrons. The first-order valence-electron chi connectivity index (χ1n) is 6.38. The van der Waals surface area contributed by atoms with Gasteiger partial charge in [-0.15, -0.1) is 0 Å². The molecule has 0 aliphatic carbocycles. The number of guanidine groups is 1. The second-order valence-corrected chi connectivity index (χ2v) is 4.59. The SMILES string of the molecule is CC(C)N/C=N/c1ccc(-c2noc(NC(=N)N)n2)cc1. The highest BCUT2D eigenvalue weighted by atomic mass is 16.5. The van der Waals surface area contributed by atoms with Crippen LogP contribution in [0.3, 0.4) is 0 Å². The molecule has 21 heavy (non-hydrogen) atoms. The second kappa shape index (κ2) is 6.51. The third-order valence-corrected chi connectivity index (χ3v) is 2.41. The number of hydrogen-bond acceptors (Lipinski definition) is 5. The van der Waals surface area contributed by atoms with Crippen molar-refractivity contribution < 1.29 is 4.52 Å². The van der Waals surface area contributed by atoms with Gasteiger partial charge in [-0.05, 0) is 38.1 Å². The summed E-state index contributed by atoms with van der Waals surface area (Å²) in [5, 5.41) is 16.4. The van der Waals surface area contributed by atoms with E-state index in [9.17, 15) is 0 Å². The highest BCUT2D eigenvalue weighted by Crippen LogP contribution is 2.21. The first-order chi connectivity index (χ1) is 10.0. The summed E-state index contributed by atoms with van der Waals surface area (Å²) in [5.74, 6) is 0.155. The van der Waals surface area contributed by atoms with Gasteiger partial charge in [-0.3, -0.25) is 10.7 Å². The molecular weight excluding hydrogens is 270 g/mol. The van der Waals surface area contributed by atoms with E-state index in [1.807, 2.05) is 38.1 Å². The number of nitrogens with one attached hydrogen (secondary N) is 3. The lowest BCUT2D eigenvalue weighted by atomic mass is 10.2. The molecule has 1 aromatic carbocycles. The Morgan fingerprint density at radius 2 is 2.10 bits per heavy atom. The number of aliphatic imine (C=N–C) groups is 1. The molecule has 0 amide bonds. The van der Waals surface area contributed by atoms with Crippen molar-refractivity contribution >= 4 is 24.0 Å². The summed E-state index contributed by atoms with van der Waals surface area (Å²) >= 11 is 0. The van der Waals surface area contributed by atoms with Gasteiger partial charge in [-0.1, -0.05) is 5.16 Å². The maximum atomic E-state index is 7.09. The van der Waals surface area contributed by atoms with Crippen LogP contribution in [0.1, 0.15) is 13.8 Å². The maximum absolute atomic E-state index is 7.09. The average molecular weight is 287 g/mol. The highest BCUT2D eigenvalue weighted by Gasteiger charge is 2.08. The number of aromatic nitrogens is 2. The second-order valence-electron chi connectivity index (χ2n) is 4.59. The summed E-state index contributed by atoms with van der Waals surface area (Å²) in [6.45, 7) is 4.08. The number of nitrogens with two attached hydrogens (primary N) is 1. The van der Waals surface area contributed by atoms with Gasteiger partial charge in [0.25, 0.3) is 0 Å². The van der Waals surface area contributed by atoms with Crippen LogP contribution in [0.5, 0.6) is 0 Å². The molecule has 0 saturated heterocycles. The number of anilines is 1. The van der Waals surface area contributed by atoms with Gasteiger partial charge in [0.1, 0.15) is 0 Å². The molecule has 2 aromatic rings. The van der Waals surface area contributed by atoms with Gasteiger partial charge in [0.15, 0.2) is 5.96 Å². The lowest BCUT2D eigenvalue weighted by molar-refractivity contribution is 0.436. The Labute approximate surface area is 122 Å². The Morgan fingerprint density at radius 3 is 2.71 bits per heavy atom. The molecule has 0 radical (unpaired) electrons. The van der Waals surface area contributed by atoms with Crippen molar-refractivity contribution in [2.75, 3.05) is 5.32 Å². The Hall–Kier alpha value is -2.90. The van der Waals surface area contributed by atoms with Crippen LogP contribution >= 0.6 is 0 Å². The highest BCUT2D eigenvalue weighted by molar-refractivity contribution is 5.87. The Bertz CT molecular complexity index is 630. The zero-order valence-corrected chi connectivity index (χ0v) is 11.8. The molecule has 0 fully saturated rings. The summed E-state index contributed by atoms with van der Waals surface area (Å²) in [5.41, 5.74) is 6.78. The average Bonchev–Trinajstić information content (AvgIpc) is 2.87. The lowest BCUT2D eigenvalue weighted by Gasteiger charge is -2.02. The van der Waals surface area contributed by atoms with E-state index < -0.39 is 0 Å². The number of hydrogen-bond donors (Lipinski definition) is 4. The van der Waals surface area contributed by atoms with Gasteiger partial charge in [-0.25, -0.2) is 4.99 Å². The van der Waals surface area contributed by atoms with Crippen LogP contribution in [0.4, 0.5) is 11.7 Å². The van der Waals surface area contributed by atoms with Crippen LogP contribution in [0.25, 0.3) is 11.4 Å². The summed E-state index contributed by atoms with van der Waals surface area (Å²) in [6.07, 6.45) is 1.67. The fraction of sp³-hybridized carbons (Fsp3) is 0.231. The van der Waals surface area contributed by atoms with Crippen molar-refractivity contribution in [3.8, 4) is 11.4 Å². The van der Waals surface area contributed by atoms with Crippen molar-refractivity contribution in [2.45, 2.75) is 19.9 Å². The summed E-state index contributed by atoms with van der Waals surface area (Å²) < 4.78 is 4.92. The van der Waals surface area contributed by atoms with Crippen LogP contribution in [-0.2, 0) is 0 Å². The minimum Gasteiger partial charge on any atom is -0.374 e. The lowest BCUT2D eigenvalue weighted by Crippen LogP contribution is -2.20. The fourth-order valence-corrected chi connectivity index (χ4v) is 1.46. The predicted molar refractivity (Wildman–Crippen MR) is 81.7 cm³/mol. The molecule has 0 bridgehead atoms. The van der Waals surface area contributed by atoms with Gasteiger partial charge >= 0.3 is 6.01 Å². The van der Waals surface area contributed by atoms with E-state index in [4.69, 9.17) is 15.7 Å².